The Morgan fingerprint density at radius 3 is 2.52 bits per heavy atom. The molecule has 1 aromatic carbocycles. The normalized spacial score (nSPS) is 13.6. The van der Waals surface area contributed by atoms with Crippen LogP contribution < -0.4 is 5.32 Å². The minimum absolute atomic E-state index is 0.599. The van der Waals surface area contributed by atoms with Crippen LogP contribution in [0.25, 0.3) is 5.57 Å². The Kier molecular flexibility index (Phi) is 6.69. The first-order valence-corrected chi connectivity index (χ1v) is 7.07. The Hall–Kier alpha value is -1.55. The van der Waals surface area contributed by atoms with E-state index in [2.05, 4.69) is 5.32 Å². The molecule has 1 aromatic rings. The number of alkyl halides is 3. The van der Waals surface area contributed by atoms with E-state index in [1.54, 1.807) is 6.07 Å². The van der Waals surface area contributed by atoms with Crippen LogP contribution in [0.5, 0.6) is 0 Å². The maximum Gasteiger partial charge on any atom is 0.416 e. The maximum absolute atomic E-state index is 12.8. The second-order valence-corrected chi connectivity index (χ2v) is 5.06. The number of hydrogen-bond donors (Lipinski definition) is 1. The van der Waals surface area contributed by atoms with Gasteiger partial charge in [0.15, 0.2) is 0 Å². The molecule has 21 heavy (non-hydrogen) atoms. The molecule has 0 aromatic heterocycles. The molecule has 0 amide bonds. The Bertz CT molecular complexity index is 513. The third kappa shape index (κ3) is 5.76. The Morgan fingerprint density at radius 1 is 1.24 bits per heavy atom. The minimum Gasteiger partial charge on any atom is -0.316 e. The van der Waals surface area contributed by atoms with E-state index in [0.29, 0.717) is 5.56 Å². The van der Waals surface area contributed by atoms with Crippen molar-refractivity contribution in [1.82, 2.24) is 5.32 Å². The van der Waals surface area contributed by atoms with E-state index >= 15 is 0 Å². The fourth-order valence-corrected chi connectivity index (χ4v) is 2.07. The molecular formula is C17H22F3N. The molecule has 0 heterocycles. The SMILES string of the molecule is CCC/C(=C\C=C(/C)CNC)c1cccc(C(F)(F)F)c1. The summed E-state index contributed by atoms with van der Waals surface area (Å²) in [6, 6.07) is 5.53. The molecule has 0 unspecified atom stereocenters. The van der Waals surface area contributed by atoms with Crippen LogP contribution in [0, 0.1) is 0 Å². The largest absolute Gasteiger partial charge is 0.416 e. The van der Waals surface area contributed by atoms with Gasteiger partial charge in [0, 0.05) is 6.54 Å². The molecule has 0 spiro atoms. The number of nitrogens with one attached hydrogen (secondary N) is 1. The number of likely N-dealkylation sites (N-methyl/N-ethyl adjacent to an activating group) is 1. The summed E-state index contributed by atoms with van der Waals surface area (Å²) < 4.78 is 38.4. The molecular weight excluding hydrogens is 275 g/mol. The monoisotopic (exact) mass is 297 g/mol. The molecule has 0 fully saturated rings. The van der Waals surface area contributed by atoms with E-state index in [0.717, 1.165) is 36.6 Å². The van der Waals surface area contributed by atoms with Crippen molar-refractivity contribution in [2.45, 2.75) is 32.9 Å². The highest BCUT2D eigenvalue weighted by Gasteiger charge is 2.30. The van der Waals surface area contributed by atoms with E-state index in [9.17, 15) is 13.2 Å². The molecule has 0 aliphatic carbocycles. The molecule has 1 nitrogen and oxygen atoms in total. The highest BCUT2D eigenvalue weighted by atomic mass is 19.4. The summed E-state index contributed by atoms with van der Waals surface area (Å²) in [5.74, 6) is 0. The van der Waals surface area contributed by atoms with Gasteiger partial charge in [0.25, 0.3) is 0 Å². The molecule has 0 bridgehead atoms. The van der Waals surface area contributed by atoms with Crippen molar-refractivity contribution in [1.29, 1.82) is 0 Å². The molecule has 0 radical (unpaired) electrons. The predicted molar refractivity (Wildman–Crippen MR) is 82.0 cm³/mol. The number of benzene rings is 1. The molecule has 0 aliphatic heterocycles. The van der Waals surface area contributed by atoms with Crippen LogP contribution >= 0.6 is 0 Å². The second-order valence-electron chi connectivity index (χ2n) is 5.06. The average molecular weight is 297 g/mol. The van der Waals surface area contributed by atoms with Crippen LogP contribution in [0.1, 0.15) is 37.8 Å². The number of hydrogen-bond acceptors (Lipinski definition) is 1. The smallest absolute Gasteiger partial charge is 0.316 e. The van der Waals surface area contributed by atoms with Gasteiger partial charge in [-0.15, -0.1) is 0 Å². The standard InChI is InChI=1S/C17H22F3N/c1-4-6-14(10-9-13(2)12-21-3)15-7-5-8-16(11-15)17(18,19)20/h5,7-11,21H,4,6,12H2,1-3H3/b13-9+,14-10+. The van der Waals surface area contributed by atoms with Crippen molar-refractivity contribution in [2.75, 3.05) is 13.6 Å². The van der Waals surface area contributed by atoms with Gasteiger partial charge in [0.1, 0.15) is 0 Å². The summed E-state index contributed by atoms with van der Waals surface area (Å²) in [5, 5.41) is 3.05. The lowest BCUT2D eigenvalue weighted by molar-refractivity contribution is -0.137. The van der Waals surface area contributed by atoms with Gasteiger partial charge in [-0.25, -0.2) is 0 Å². The van der Waals surface area contributed by atoms with Gasteiger partial charge in [-0.2, -0.15) is 13.2 Å². The summed E-state index contributed by atoms with van der Waals surface area (Å²) in [5.41, 5.74) is 2.11. The van der Waals surface area contributed by atoms with Crippen molar-refractivity contribution < 1.29 is 13.2 Å². The molecule has 1 N–H and O–H groups in total. The quantitative estimate of drug-likeness (QED) is 0.724. The van der Waals surface area contributed by atoms with E-state index < -0.39 is 11.7 Å². The topological polar surface area (TPSA) is 12.0 Å². The Morgan fingerprint density at radius 2 is 1.95 bits per heavy atom. The second kappa shape index (κ2) is 8.03. The number of allylic oxidation sites excluding steroid dienone is 3. The van der Waals surface area contributed by atoms with Gasteiger partial charge in [-0.3, -0.25) is 0 Å². The summed E-state index contributed by atoms with van der Waals surface area (Å²) in [6.45, 7) is 4.77. The molecule has 0 saturated carbocycles. The van der Waals surface area contributed by atoms with Crippen molar-refractivity contribution in [3.05, 3.63) is 53.1 Å². The van der Waals surface area contributed by atoms with E-state index in [4.69, 9.17) is 0 Å². The van der Waals surface area contributed by atoms with E-state index in [1.807, 2.05) is 33.0 Å². The van der Waals surface area contributed by atoms with Gasteiger partial charge in [-0.05, 0) is 43.7 Å². The minimum atomic E-state index is -4.30. The van der Waals surface area contributed by atoms with Crippen LogP contribution in [0.4, 0.5) is 13.2 Å². The van der Waals surface area contributed by atoms with E-state index in [1.165, 1.54) is 12.1 Å². The molecule has 4 heteroatoms. The van der Waals surface area contributed by atoms with E-state index in [-0.39, 0.29) is 0 Å². The van der Waals surface area contributed by atoms with Gasteiger partial charge in [0.05, 0.1) is 5.56 Å². The number of rotatable bonds is 6. The summed E-state index contributed by atoms with van der Waals surface area (Å²) in [4.78, 5) is 0. The first kappa shape index (κ1) is 17.5. The summed E-state index contributed by atoms with van der Waals surface area (Å²) in [7, 11) is 1.86. The summed E-state index contributed by atoms with van der Waals surface area (Å²) >= 11 is 0. The molecule has 1 rings (SSSR count). The fraction of sp³-hybridized carbons (Fsp3) is 0.412. The van der Waals surface area contributed by atoms with Crippen molar-refractivity contribution in [3.8, 4) is 0 Å². The van der Waals surface area contributed by atoms with Gasteiger partial charge >= 0.3 is 6.18 Å². The van der Waals surface area contributed by atoms with Crippen molar-refractivity contribution >= 4 is 5.57 Å². The lowest BCUT2D eigenvalue weighted by Crippen LogP contribution is -2.08. The molecule has 0 aliphatic rings. The van der Waals surface area contributed by atoms with Crippen molar-refractivity contribution in [2.24, 2.45) is 0 Å². The first-order chi connectivity index (χ1) is 9.88. The Labute approximate surface area is 124 Å². The lowest BCUT2D eigenvalue weighted by Gasteiger charge is -2.11. The van der Waals surface area contributed by atoms with Crippen LogP contribution in [0.3, 0.4) is 0 Å². The van der Waals surface area contributed by atoms with Gasteiger partial charge < -0.3 is 5.32 Å². The zero-order valence-electron chi connectivity index (χ0n) is 12.7. The first-order valence-electron chi connectivity index (χ1n) is 7.07. The van der Waals surface area contributed by atoms with Gasteiger partial charge in [0.2, 0.25) is 0 Å². The molecule has 116 valence electrons. The number of halogens is 3. The van der Waals surface area contributed by atoms with Crippen LogP contribution in [-0.2, 0) is 6.18 Å². The maximum atomic E-state index is 12.8. The zero-order valence-corrected chi connectivity index (χ0v) is 12.7. The van der Waals surface area contributed by atoms with Crippen LogP contribution in [0.2, 0.25) is 0 Å². The zero-order chi connectivity index (χ0) is 15.9. The van der Waals surface area contributed by atoms with Crippen LogP contribution in [-0.4, -0.2) is 13.6 Å². The molecule has 0 saturated heterocycles. The van der Waals surface area contributed by atoms with Crippen LogP contribution in [0.15, 0.2) is 42.0 Å². The average Bonchev–Trinajstić information content (AvgIpc) is 2.43. The van der Waals surface area contributed by atoms with Gasteiger partial charge in [-0.1, -0.05) is 43.2 Å². The highest BCUT2D eigenvalue weighted by molar-refractivity contribution is 5.67. The Balaban J connectivity index is 3.11. The third-order valence-corrected chi connectivity index (χ3v) is 3.10. The van der Waals surface area contributed by atoms with Crippen molar-refractivity contribution in [3.63, 3.8) is 0 Å². The predicted octanol–water partition coefficient (Wildman–Crippen LogP) is 5.05. The molecule has 0 atom stereocenters. The lowest BCUT2D eigenvalue weighted by atomic mass is 9.98. The highest BCUT2D eigenvalue weighted by Crippen LogP contribution is 2.31. The summed E-state index contributed by atoms with van der Waals surface area (Å²) in [6.07, 6.45) is 1.23. The third-order valence-electron chi connectivity index (χ3n) is 3.10. The fourth-order valence-electron chi connectivity index (χ4n) is 2.07.